The number of ether oxygens (including phenoxy) is 3. The van der Waals surface area contributed by atoms with Crippen LogP contribution in [-0.2, 0) is 25.0 Å². The van der Waals surface area contributed by atoms with Gasteiger partial charge in [0.2, 0.25) is 1.43 Å². The van der Waals surface area contributed by atoms with E-state index in [0.29, 0.717) is 75.8 Å². The second kappa shape index (κ2) is 24.8. The van der Waals surface area contributed by atoms with E-state index < -0.39 is 20.5 Å². The van der Waals surface area contributed by atoms with Crippen LogP contribution in [0.3, 0.4) is 0 Å². The van der Waals surface area contributed by atoms with Gasteiger partial charge < -0.3 is 28.4 Å². The lowest BCUT2D eigenvalue weighted by Gasteiger charge is -2.35. The Hall–Kier alpha value is -4.57. The van der Waals surface area contributed by atoms with Crippen molar-refractivity contribution in [1.29, 1.82) is 6.69 Å². The highest BCUT2D eigenvalue weighted by atomic mass is 31.2. The van der Waals surface area contributed by atoms with Gasteiger partial charge in [0.05, 0.1) is 50.5 Å². The number of aliphatic hydroxyl groups excluding tert-OH is 1. The molecule has 0 aromatic heterocycles. The second-order valence-electron chi connectivity index (χ2n) is 13.1. The van der Waals surface area contributed by atoms with E-state index in [9.17, 15) is 14.4 Å². The summed E-state index contributed by atoms with van der Waals surface area (Å²) in [6.07, 6.45) is 3.99. The van der Waals surface area contributed by atoms with Crippen molar-refractivity contribution in [2.75, 3.05) is 33.5 Å². The molecule has 0 saturated heterocycles. The van der Waals surface area contributed by atoms with E-state index in [1.807, 2.05) is 6.07 Å². The molecule has 0 spiro atoms. The number of hydrogen-bond donors (Lipinski definition) is 1. The van der Waals surface area contributed by atoms with Crippen LogP contribution in [0.4, 0.5) is 11.4 Å². The van der Waals surface area contributed by atoms with Crippen molar-refractivity contribution in [2.45, 2.75) is 91.1 Å². The average molecular weight is 778 g/mol. The number of carbonyl (C=O) groups is 3. The highest BCUT2D eigenvalue weighted by Crippen LogP contribution is 2.46. The third-order valence-electron chi connectivity index (χ3n) is 8.06. The Kier molecular flexibility index (Phi) is 19.4. The molecule has 1 N–H and O–H groups in total. The van der Waals surface area contributed by atoms with Gasteiger partial charge in [-0.05, 0) is 102 Å². The zero-order valence-electron chi connectivity index (χ0n) is 33.4. The molecule has 0 fully saturated rings. The summed E-state index contributed by atoms with van der Waals surface area (Å²) in [6.45, 7) is 9.53. The van der Waals surface area contributed by atoms with Crippen molar-refractivity contribution in [1.82, 2.24) is 4.67 Å². The number of methoxy groups -OCH3 is 1. The molecule has 14 heteroatoms. The summed E-state index contributed by atoms with van der Waals surface area (Å²) in [5.74, 6) is -0.521. The maximum absolute atomic E-state index is 12.8. The summed E-state index contributed by atoms with van der Waals surface area (Å²) in [5.41, 5.74) is 2.05. The van der Waals surface area contributed by atoms with Crippen molar-refractivity contribution in [3.63, 3.8) is 0 Å². The van der Waals surface area contributed by atoms with E-state index >= 15 is 0 Å². The topological polar surface area (TPSA) is 169 Å². The highest BCUT2D eigenvalue weighted by Gasteiger charge is 2.27. The average Bonchev–Trinajstić information content (AvgIpc) is 3.19. The third kappa shape index (κ3) is 15.6. The number of esters is 2. The molecular formula is C41H53N4O9P. The molecule has 0 aliphatic heterocycles. The minimum absolute atomic E-state index is 0.101. The van der Waals surface area contributed by atoms with Gasteiger partial charge in [0, 0.05) is 37.6 Å². The first kappa shape index (κ1) is 43.2. The zero-order valence-corrected chi connectivity index (χ0v) is 33.3. The van der Waals surface area contributed by atoms with Gasteiger partial charge in [-0.15, -0.1) is 10.2 Å². The third-order valence-corrected chi connectivity index (χ3v) is 10.2. The van der Waals surface area contributed by atoms with Crippen LogP contribution in [0, 0.1) is 11.3 Å². The van der Waals surface area contributed by atoms with Crippen LogP contribution in [0.1, 0.15) is 98.9 Å². The van der Waals surface area contributed by atoms with E-state index in [-0.39, 0.29) is 53.8 Å². The van der Waals surface area contributed by atoms with Crippen molar-refractivity contribution >= 4 is 37.6 Å². The smallest absolute Gasteiger partial charge is 0.343 e. The van der Waals surface area contributed by atoms with Crippen LogP contribution in [0.25, 0.3) is 0 Å². The van der Waals surface area contributed by atoms with Gasteiger partial charge in [0.15, 0.2) is 5.75 Å². The second-order valence-corrected chi connectivity index (χ2v) is 14.5. The lowest BCUT2D eigenvalue weighted by atomic mass is 10.0. The Morgan fingerprint density at radius 1 is 0.855 bits per heavy atom. The number of carbonyl (C=O) groups excluding carboxylic acids is 3. The molecular weight excluding hydrogens is 723 g/mol. The molecule has 1 unspecified atom stereocenters. The molecule has 0 saturated carbocycles. The van der Waals surface area contributed by atoms with Gasteiger partial charge in [0.1, 0.15) is 22.9 Å². The number of aryl methyl sites for hydroxylation is 1. The Morgan fingerprint density at radius 3 is 2.27 bits per heavy atom. The van der Waals surface area contributed by atoms with Crippen LogP contribution in [0.15, 0.2) is 77.0 Å². The van der Waals surface area contributed by atoms with Crippen LogP contribution >= 0.6 is 8.53 Å². The molecule has 0 radical (unpaired) electrons. The SMILES string of the molecule is [2H]OCCCc1ccc(N=Nc2ccc(OC(=O)c3ccccc3)cc2OCCCC(=O)CCCCOP(OCCC#N)N(C(C)C)C(C)C)c(C(=O)OC)c1. The van der Waals surface area contributed by atoms with E-state index in [1.165, 1.54) is 13.2 Å². The summed E-state index contributed by atoms with van der Waals surface area (Å²) in [5, 5.41) is 22.0. The van der Waals surface area contributed by atoms with E-state index in [2.05, 4.69) is 53.8 Å². The van der Waals surface area contributed by atoms with Crippen molar-refractivity contribution in [2.24, 2.45) is 10.2 Å². The van der Waals surface area contributed by atoms with Crippen molar-refractivity contribution in [3.8, 4) is 17.6 Å². The van der Waals surface area contributed by atoms with Gasteiger partial charge in [0.25, 0.3) is 8.53 Å². The zero-order chi connectivity index (χ0) is 40.7. The number of Topliss-reactive ketones (excluding diaryl/α,β-unsaturated/α-hetero) is 1. The monoisotopic (exact) mass is 777 g/mol. The molecule has 0 heterocycles. The standard InChI is InChI=1S/C41H53N4O9P/c1-30(2)45(31(3)4)55(53-27-13-23-42)52-26-10-9-17-34(47)18-12-25-51-39-29-35(54-40(48)33-15-7-6-8-16-33)20-22-38(39)44-43-37-21-19-32(14-11-24-46)28-36(37)41(49)50-5/h6-8,15-16,19-22,28-31,46H,9-14,17-18,24-27H2,1-5H3/i46D. The molecule has 0 aliphatic carbocycles. The number of aliphatic hydroxyl groups is 1. The first-order valence-corrected chi connectivity index (χ1v) is 19.7. The molecule has 3 aromatic rings. The van der Waals surface area contributed by atoms with Gasteiger partial charge >= 0.3 is 11.9 Å². The summed E-state index contributed by atoms with van der Waals surface area (Å²) in [6, 6.07) is 21.0. The van der Waals surface area contributed by atoms with Crippen LogP contribution < -0.4 is 9.47 Å². The maximum Gasteiger partial charge on any atom is 0.343 e. The first-order valence-electron chi connectivity index (χ1n) is 19.0. The summed E-state index contributed by atoms with van der Waals surface area (Å²) in [7, 11) is -0.0360. The highest BCUT2D eigenvalue weighted by molar-refractivity contribution is 7.44. The summed E-state index contributed by atoms with van der Waals surface area (Å²) < 4.78 is 37.8. The van der Waals surface area contributed by atoms with E-state index in [4.69, 9.17) is 30.0 Å². The van der Waals surface area contributed by atoms with E-state index in [0.717, 1.165) is 5.56 Å². The fourth-order valence-electron chi connectivity index (χ4n) is 5.44. The molecule has 0 aliphatic rings. The lowest BCUT2D eigenvalue weighted by Crippen LogP contribution is -2.33. The predicted molar refractivity (Wildman–Crippen MR) is 210 cm³/mol. The van der Waals surface area contributed by atoms with Crippen LogP contribution in [-0.4, -0.2) is 74.6 Å². The quantitative estimate of drug-likeness (QED) is 0.0271. The van der Waals surface area contributed by atoms with Crippen LogP contribution in [0.5, 0.6) is 11.5 Å². The number of rotatable bonds is 26. The summed E-state index contributed by atoms with van der Waals surface area (Å²) >= 11 is 0. The Bertz CT molecular complexity index is 1750. The van der Waals surface area contributed by atoms with Crippen molar-refractivity contribution < 1.29 is 42.8 Å². The minimum atomic E-state index is -1.32. The molecule has 0 bridgehead atoms. The number of benzene rings is 3. The van der Waals surface area contributed by atoms with Gasteiger partial charge in [-0.25, -0.2) is 14.3 Å². The van der Waals surface area contributed by atoms with Gasteiger partial charge in [-0.3, -0.25) is 4.79 Å². The molecule has 3 rings (SSSR count). The number of unbranched alkanes of at least 4 members (excludes halogenated alkanes) is 1. The number of azo groups is 1. The largest absolute Gasteiger partial charge is 0.491 e. The van der Waals surface area contributed by atoms with Crippen LogP contribution in [0.2, 0.25) is 0 Å². The van der Waals surface area contributed by atoms with Crippen molar-refractivity contribution in [3.05, 3.63) is 83.4 Å². The van der Waals surface area contributed by atoms with Gasteiger partial charge in [-0.1, -0.05) is 24.3 Å². The van der Waals surface area contributed by atoms with E-state index in [1.54, 1.807) is 54.6 Å². The Balaban J connectivity index is 1.64. The first-order chi connectivity index (χ1) is 27.1. The number of hydrogen-bond acceptors (Lipinski definition) is 13. The molecule has 3 aromatic carbocycles. The molecule has 55 heavy (non-hydrogen) atoms. The maximum atomic E-state index is 12.8. The number of nitrogens with zero attached hydrogens (tertiary/aromatic N) is 4. The molecule has 0 amide bonds. The number of ketones is 1. The fraction of sp³-hybridized carbons (Fsp3) is 0.463. The predicted octanol–water partition coefficient (Wildman–Crippen LogP) is 9.22. The molecule has 1 atom stereocenters. The van der Waals surface area contributed by atoms with Gasteiger partial charge in [-0.2, -0.15) is 5.26 Å². The number of nitriles is 1. The molecule has 13 nitrogen and oxygen atoms in total. The minimum Gasteiger partial charge on any atom is -0.491 e. The molecule has 296 valence electrons. The Morgan fingerprint density at radius 2 is 1.56 bits per heavy atom. The normalized spacial score (nSPS) is 12.2. The summed E-state index contributed by atoms with van der Waals surface area (Å²) in [4.78, 5) is 38.2. The Labute approximate surface area is 327 Å². The fourth-order valence-corrected chi connectivity index (χ4v) is 7.06. The lowest BCUT2D eigenvalue weighted by molar-refractivity contribution is -0.119.